The van der Waals surface area contributed by atoms with E-state index in [4.69, 9.17) is 19.9 Å². The summed E-state index contributed by atoms with van der Waals surface area (Å²) in [7, 11) is 0. The third kappa shape index (κ3) is 4.44. The number of hydrogen-bond acceptors (Lipinski definition) is 9. The van der Waals surface area contributed by atoms with Crippen LogP contribution in [0.3, 0.4) is 0 Å². The zero-order valence-corrected chi connectivity index (χ0v) is 16.7. The lowest BCUT2D eigenvalue weighted by Gasteiger charge is -2.26. The van der Waals surface area contributed by atoms with E-state index in [2.05, 4.69) is 17.0 Å². The molecule has 1 saturated heterocycles. The first-order valence-corrected chi connectivity index (χ1v) is 9.79. The maximum Gasteiger partial charge on any atom is 0.508 e. The highest BCUT2D eigenvalue weighted by Crippen LogP contribution is 2.40. The Morgan fingerprint density at radius 3 is 2.86 bits per heavy atom. The summed E-state index contributed by atoms with van der Waals surface area (Å²) < 4.78 is 17.6. The van der Waals surface area contributed by atoms with Gasteiger partial charge in [0.1, 0.15) is 42.4 Å². The predicted molar refractivity (Wildman–Crippen MR) is 103 cm³/mol. The van der Waals surface area contributed by atoms with Gasteiger partial charge < -0.3 is 30.2 Å². The minimum absolute atomic E-state index is 0.268. The number of nitrogens with two attached hydrogens (primary N) is 1. The number of anilines is 1. The number of fused-ring (bicyclic) bond motifs is 1. The molecule has 3 heterocycles. The van der Waals surface area contributed by atoms with Crippen molar-refractivity contribution in [3.8, 4) is 0 Å². The number of aliphatic hydroxyl groups excluding tert-OH is 2. The van der Waals surface area contributed by atoms with E-state index < -0.39 is 30.1 Å². The second-order valence-corrected chi connectivity index (χ2v) is 7.43. The molecule has 0 aliphatic carbocycles. The number of aromatic nitrogens is 3. The van der Waals surface area contributed by atoms with Crippen LogP contribution in [0.25, 0.3) is 5.52 Å². The predicted octanol–water partition coefficient (Wildman–Crippen LogP) is 1.60. The summed E-state index contributed by atoms with van der Waals surface area (Å²) in [5.74, 6) is 0.284. The van der Waals surface area contributed by atoms with E-state index in [9.17, 15) is 15.0 Å². The van der Waals surface area contributed by atoms with Crippen LogP contribution < -0.4 is 5.73 Å². The Hall–Kier alpha value is -2.43. The van der Waals surface area contributed by atoms with Gasteiger partial charge in [0.2, 0.25) is 0 Å². The van der Waals surface area contributed by atoms with E-state index in [-0.39, 0.29) is 19.0 Å². The number of nitrogen functional groups attached to an aromatic ring is 1. The molecule has 1 aliphatic rings. The Morgan fingerprint density at radius 1 is 1.31 bits per heavy atom. The van der Waals surface area contributed by atoms with Crippen LogP contribution in [0.15, 0.2) is 18.5 Å². The van der Waals surface area contributed by atoms with Crippen LogP contribution in [0, 0.1) is 0 Å². The highest BCUT2D eigenvalue weighted by Gasteiger charge is 2.53. The number of aliphatic hydroxyl groups is 2. The fourth-order valence-electron chi connectivity index (χ4n) is 3.43. The first kappa shape index (κ1) is 21.3. The normalized spacial score (nSPS) is 26.7. The van der Waals surface area contributed by atoms with E-state index in [0.717, 1.165) is 25.7 Å². The first-order chi connectivity index (χ1) is 13.9. The van der Waals surface area contributed by atoms with Crippen molar-refractivity contribution in [2.75, 3.05) is 18.9 Å². The maximum absolute atomic E-state index is 11.8. The minimum atomic E-state index is -1.31. The van der Waals surface area contributed by atoms with E-state index in [1.807, 2.05) is 0 Å². The largest absolute Gasteiger partial charge is 0.508 e. The topological polar surface area (TPSA) is 141 Å². The molecule has 0 aromatic carbocycles. The molecule has 29 heavy (non-hydrogen) atoms. The van der Waals surface area contributed by atoms with E-state index in [1.54, 1.807) is 19.1 Å². The monoisotopic (exact) mass is 408 g/mol. The van der Waals surface area contributed by atoms with Gasteiger partial charge in [0.15, 0.2) is 5.82 Å². The number of nitrogens with zero attached hydrogens (tertiary/aromatic N) is 3. The highest BCUT2D eigenvalue weighted by molar-refractivity contribution is 5.65. The molecule has 0 spiro atoms. The Bertz CT molecular complexity index is 843. The van der Waals surface area contributed by atoms with Crippen molar-refractivity contribution in [1.82, 2.24) is 14.6 Å². The van der Waals surface area contributed by atoms with E-state index >= 15 is 0 Å². The van der Waals surface area contributed by atoms with Gasteiger partial charge in [-0.3, -0.25) is 0 Å². The molecule has 4 N–H and O–H groups in total. The lowest BCUT2D eigenvalue weighted by Crippen LogP contribution is -2.44. The molecule has 10 heteroatoms. The Kier molecular flexibility index (Phi) is 6.56. The van der Waals surface area contributed by atoms with Crippen molar-refractivity contribution in [2.45, 2.75) is 63.4 Å². The summed E-state index contributed by atoms with van der Waals surface area (Å²) in [6.07, 6.45) is 0.978. The standard InChI is InChI=1S/C19H28N4O6/c1-3-4-5-6-9-27-18(26)28-10-19(2)16(25)14(24)15(29-19)12-7-8-13-17(20)21-11-22-23(12)13/h7-8,11,14-16,24-25H,3-6,9-10H2,1-2H3,(H2,20,21,22)/t14-,15-,16-,19+/m0/s1. The van der Waals surface area contributed by atoms with E-state index in [1.165, 1.54) is 10.8 Å². The summed E-state index contributed by atoms with van der Waals surface area (Å²) in [6, 6.07) is 3.40. The summed E-state index contributed by atoms with van der Waals surface area (Å²) in [5.41, 5.74) is 5.59. The molecule has 0 saturated carbocycles. The zero-order chi connectivity index (χ0) is 21.0. The quantitative estimate of drug-likeness (QED) is 0.438. The van der Waals surface area contributed by atoms with E-state index in [0.29, 0.717) is 11.2 Å². The number of carbonyl (C=O) groups is 1. The van der Waals surface area contributed by atoms with Crippen molar-refractivity contribution >= 4 is 17.5 Å². The average molecular weight is 408 g/mol. The molecule has 160 valence electrons. The molecule has 3 rings (SSSR count). The minimum Gasteiger partial charge on any atom is -0.434 e. The van der Waals surface area contributed by atoms with Crippen molar-refractivity contribution in [3.63, 3.8) is 0 Å². The van der Waals surface area contributed by atoms with Gasteiger partial charge in [0.05, 0.1) is 12.3 Å². The van der Waals surface area contributed by atoms with Crippen molar-refractivity contribution in [2.24, 2.45) is 0 Å². The number of ether oxygens (including phenoxy) is 3. The lowest BCUT2D eigenvalue weighted by molar-refractivity contribution is -0.109. The van der Waals surface area contributed by atoms with Crippen LogP contribution in [-0.2, 0) is 14.2 Å². The van der Waals surface area contributed by atoms with Gasteiger partial charge in [-0.25, -0.2) is 14.3 Å². The number of rotatable bonds is 8. The van der Waals surface area contributed by atoms with Crippen LogP contribution in [0.2, 0.25) is 0 Å². The Labute approximate surface area is 168 Å². The molecule has 0 radical (unpaired) electrons. The molecule has 2 aromatic rings. The number of hydrogen-bond donors (Lipinski definition) is 3. The van der Waals surface area contributed by atoms with Gasteiger partial charge in [0.25, 0.3) is 0 Å². The van der Waals surface area contributed by atoms with Gasteiger partial charge >= 0.3 is 6.16 Å². The second-order valence-electron chi connectivity index (χ2n) is 7.43. The molecular formula is C19H28N4O6. The van der Waals surface area contributed by atoms with Crippen molar-refractivity contribution < 1.29 is 29.2 Å². The van der Waals surface area contributed by atoms with Gasteiger partial charge in [-0.1, -0.05) is 26.2 Å². The van der Waals surface area contributed by atoms with Gasteiger partial charge in [-0.05, 0) is 25.5 Å². The molecule has 0 bridgehead atoms. The molecule has 0 amide bonds. The van der Waals surface area contributed by atoms with Crippen LogP contribution in [0.5, 0.6) is 0 Å². The molecule has 1 fully saturated rings. The number of unbranched alkanes of at least 4 members (excludes halogenated alkanes) is 3. The van der Waals surface area contributed by atoms with Crippen LogP contribution in [0.1, 0.15) is 51.3 Å². The van der Waals surface area contributed by atoms with Gasteiger partial charge in [0, 0.05) is 0 Å². The third-order valence-corrected chi connectivity index (χ3v) is 5.15. The molecule has 0 unspecified atom stereocenters. The summed E-state index contributed by atoms with van der Waals surface area (Å²) in [5, 5.41) is 25.2. The van der Waals surface area contributed by atoms with Crippen LogP contribution in [0.4, 0.5) is 10.6 Å². The second kappa shape index (κ2) is 8.93. The van der Waals surface area contributed by atoms with Crippen LogP contribution >= 0.6 is 0 Å². The van der Waals surface area contributed by atoms with Crippen molar-refractivity contribution in [1.29, 1.82) is 0 Å². The Balaban J connectivity index is 1.62. The summed E-state index contributed by atoms with van der Waals surface area (Å²) >= 11 is 0. The molecular weight excluding hydrogens is 380 g/mol. The maximum atomic E-state index is 11.8. The highest BCUT2D eigenvalue weighted by atomic mass is 16.7. The lowest BCUT2D eigenvalue weighted by atomic mass is 9.97. The smallest absolute Gasteiger partial charge is 0.434 e. The molecule has 4 atom stereocenters. The first-order valence-electron chi connectivity index (χ1n) is 9.79. The summed E-state index contributed by atoms with van der Waals surface area (Å²) in [6.45, 7) is 3.68. The fourth-order valence-corrected chi connectivity index (χ4v) is 3.43. The fraction of sp³-hybridized carbons (Fsp3) is 0.632. The van der Waals surface area contributed by atoms with Gasteiger partial charge in [-0.15, -0.1) is 0 Å². The Morgan fingerprint density at radius 2 is 2.10 bits per heavy atom. The SMILES string of the molecule is CCCCCCOC(=O)OC[C@@]1(C)O[C@@H](c2ccc3c(N)ncnn23)[C@H](O)[C@@H]1O. The number of carbonyl (C=O) groups excluding carboxylic acids is 1. The third-order valence-electron chi connectivity index (χ3n) is 5.15. The van der Waals surface area contributed by atoms with Crippen molar-refractivity contribution in [3.05, 3.63) is 24.2 Å². The van der Waals surface area contributed by atoms with Gasteiger partial charge in [-0.2, -0.15) is 5.10 Å². The molecule has 2 aromatic heterocycles. The molecule has 1 aliphatic heterocycles. The molecule has 10 nitrogen and oxygen atoms in total. The van der Waals surface area contributed by atoms with Crippen LogP contribution in [-0.4, -0.2) is 62.0 Å². The summed E-state index contributed by atoms with van der Waals surface area (Å²) in [4.78, 5) is 15.7. The zero-order valence-electron chi connectivity index (χ0n) is 16.7. The average Bonchev–Trinajstić information content (AvgIpc) is 3.23.